The first-order valence-electron chi connectivity index (χ1n) is 12.6. The molecule has 4 rings (SSSR count). The molecule has 1 fully saturated rings. The summed E-state index contributed by atoms with van der Waals surface area (Å²) in [5.74, 6) is -0.481. The van der Waals surface area contributed by atoms with Gasteiger partial charge < -0.3 is 24.4 Å². The molecule has 3 aliphatic rings. The Kier molecular flexibility index (Phi) is 9.42. The van der Waals surface area contributed by atoms with E-state index in [1.54, 1.807) is 7.11 Å². The molecule has 3 heterocycles. The van der Waals surface area contributed by atoms with Crippen LogP contribution in [0.5, 0.6) is 0 Å². The van der Waals surface area contributed by atoms with Gasteiger partial charge in [0, 0.05) is 39.0 Å². The zero-order valence-electron chi connectivity index (χ0n) is 22.0. The number of morpholine rings is 1. The van der Waals surface area contributed by atoms with Crippen LogP contribution in [-0.4, -0.2) is 86.6 Å². The summed E-state index contributed by atoms with van der Waals surface area (Å²) >= 11 is 1.48. The summed E-state index contributed by atoms with van der Waals surface area (Å²) in [6.45, 7) is 11.0. The molecule has 0 radical (unpaired) electrons. The predicted molar refractivity (Wildman–Crippen MR) is 144 cm³/mol. The van der Waals surface area contributed by atoms with E-state index in [1.165, 1.54) is 11.8 Å². The van der Waals surface area contributed by atoms with Gasteiger partial charge in [0.15, 0.2) is 5.17 Å². The van der Waals surface area contributed by atoms with Crippen LogP contribution in [0.25, 0.3) is 0 Å². The van der Waals surface area contributed by atoms with Crippen molar-refractivity contribution in [3.8, 4) is 0 Å². The average molecular weight is 529 g/mol. The minimum Gasteiger partial charge on any atom is -0.460 e. The number of hydrogen-bond donors (Lipinski definition) is 1. The van der Waals surface area contributed by atoms with Crippen LogP contribution >= 0.6 is 11.8 Å². The lowest BCUT2D eigenvalue weighted by Crippen LogP contribution is -2.42. The van der Waals surface area contributed by atoms with Gasteiger partial charge in [0.05, 0.1) is 43.6 Å². The quantitative estimate of drug-likeness (QED) is 0.366. The number of benzene rings is 1. The van der Waals surface area contributed by atoms with Crippen LogP contribution in [-0.2, 0) is 23.8 Å². The molecular formula is C27H36N4O5S. The molecule has 0 aliphatic carbocycles. The summed E-state index contributed by atoms with van der Waals surface area (Å²) < 4.78 is 16.0. The number of methoxy groups -OCH3 is 1. The number of rotatable bonds is 10. The first-order chi connectivity index (χ1) is 17.9. The van der Waals surface area contributed by atoms with Gasteiger partial charge in [-0.05, 0) is 37.3 Å². The third-order valence-electron chi connectivity index (χ3n) is 6.67. The van der Waals surface area contributed by atoms with Crippen LogP contribution in [0.15, 0.2) is 45.6 Å². The molecule has 1 saturated heterocycles. The molecule has 10 heteroatoms. The first kappa shape index (κ1) is 27.4. The van der Waals surface area contributed by atoms with Crippen molar-refractivity contribution in [3.63, 3.8) is 0 Å². The van der Waals surface area contributed by atoms with Crippen molar-refractivity contribution in [1.29, 1.82) is 0 Å². The second-order valence-electron chi connectivity index (χ2n) is 9.36. The molecule has 0 aromatic heterocycles. The Bertz CT molecular complexity index is 1110. The van der Waals surface area contributed by atoms with Gasteiger partial charge in [-0.3, -0.25) is 9.69 Å². The molecular weight excluding hydrogens is 492 g/mol. The molecule has 1 atom stereocenters. The van der Waals surface area contributed by atoms with E-state index in [9.17, 15) is 9.59 Å². The molecule has 0 unspecified atom stereocenters. The predicted octanol–water partition coefficient (Wildman–Crippen LogP) is 2.91. The lowest BCUT2D eigenvalue weighted by atomic mass is 9.90. The van der Waals surface area contributed by atoms with E-state index in [0.717, 1.165) is 60.4 Å². The maximum atomic E-state index is 13.3. The van der Waals surface area contributed by atoms with Crippen molar-refractivity contribution in [3.05, 3.63) is 57.3 Å². The summed E-state index contributed by atoms with van der Waals surface area (Å²) in [6, 6.07) is 5.78. The van der Waals surface area contributed by atoms with Gasteiger partial charge in [-0.15, -0.1) is 0 Å². The smallest absolute Gasteiger partial charge is 0.338 e. The zero-order valence-corrected chi connectivity index (χ0v) is 22.9. The van der Waals surface area contributed by atoms with Gasteiger partial charge in [0.2, 0.25) is 5.91 Å². The van der Waals surface area contributed by atoms with Crippen molar-refractivity contribution in [1.82, 2.24) is 15.1 Å². The highest BCUT2D eigenvalue weighted by atomic mass is 32.2. The third-order valence-corrected chi connectivity index (χ3v) is 7.55. The molecule has 1 amide bonds. The minimum absolute atomic E-state index is 0.0587. The fourth-order valence-corrected chi connectivity index (χ4v) is 5.64. The third kappa shape index (κ3) is 6.62. The second kappa shape index (κ2) is 12.7. The van der Waals surface area contributed by atoms with E-state index in [0.29, 0.717) is 24.4 Å². The topological polar surface area (TPSA) is 92.7 Å². The molecule has 3 aliphatic heterocycles. The van der Waals surface area contributed by atoms with Gasteiger partial charge >= 0.3 is 5.97 Å². The summed E-state index contributed by atoms with van der Waals surface area (Å²) in [5.41, 5.74) is 5.05. The Morgan fingerprint density at radius 1 is 1.19 bits per heavy atom. The minimum atomic E-state index is -0.440. The Balaban J connectivity index is 1.55. The van der Waals surface area contributed by atoms with Crippen LogP contribution in [0.3, 0.4) is 0 Å². The number of fused-ring (bicyclic) bond motifs is 1. The Morgan fingerprint density at radius 2 is 1.97 bits per heavy atom. The molecule has 1 aromatic carbocycles. The first-order valence-corrected chi connectivity index (χ1v) is 13.5. The molecule has 0 spiro atoms. The fraction of sp³-hybridized carbons (Fsp3) is 0.519. The Hall–Kier alpha value is -2.66. The average Bonchev–Trinajstić information content (AvgIpc) is 3.27. The van der Waals surface area contributed by atoms with Gasteiger partial charge in [-0.25, -0.2) is 9.79 Å². The summed E-state index contributed by atoms with van der Waals surface area (Å²) in [5, 5.41) is 5.77. The SMILES string of the molecule is COCCOC(=O)C1=C(C)N=C2SC=C(CC(=O)NCCN3CCOCC3)N2[C@H]1c1cc(C)ccc1C. The van der Waals surface area contributed by atoms with Crippen LogP contribution < -0.4 is 5.32 Å². The van der Waals surface area contributed by atoms with Crippen molar-refractivity contribution in [2.24, 2.45) is 4.99 Å². The molecule has 37 heavy (non-hydrogen) atoms. The molecule has 1 aromatic rings. The number of carbonyl (C=O) groups excluding carboxylic acids is 2. The summed E-state index contributed by atoms with van der Waals surface area (Å²) in [7, 11) is 1.57. The molecule has 1 N–H and O–H groups in total. The standard InChI is InChI=1S/C27H36N4O5S/c1-18-5-6-19(2)22(15-18)25-24(26(33)36-14-13-34-4)20(3)29-27-31(25)21(17-37-27)16-23(32)28-7-8-30-9-11-35-12-10-30/h5-6,15,17,25H,7-14,16H2,1-4H3,(H,28,32)/t25-/m0/s1. The monoisotopic (exact) mass is 528 g/mol. The lowest BCUT2D eigenvalue weighted by Gasteiger charge is -2.37. The maximum absolute atomic E-state index is 13.3. The number of amides is 1. The molecule has 9 nitrogen and oxygen atoms in total. The van der Waals surface area contributed by atoms with Gasteiger partial charge in [0.25, 0.3) is 0 Å². The van der Waals surface area contributed by atoms with Crippen molar-refractivity contribution < 1.29 is 23.8 Å². The summed E-state index contributed by atoms with van der Waals surface area (Å²) in [4.78, 5) is 35.3. The number of aryl methyl sites for hydroxylation is 2. The normalized spacial score (nSPS) is 19.9. The van der Waals surface area contributed by atoms with E-state index in [1.807, 2.05) is 31.1 Å². The van der Waals surface area contributed by atoms with Crippen LogP contribution in [0.4, 0.5) is 0 Å². The van der Waals surface area contributed by atoms with E-state index in [2.05, 4.69) is 28.4 Å². The van der Waals surface area contributed by atoms with Crippen molar-refractivity contribution in [2.45, 2.75) is 33.2 Å². The molecule has 200 valence electrons. The number of esters is 1. The van der Waals surface area contributed by atoms with Gasteiger partial charge in [-0.1, -0.05) is 35.5 Å². The number of nitrogens with zero attached hydrogens (tertiary/aromatic N) is 3. The van der Waals surface area contributed by atoms with E-state index in [-0.39, 0.29) is 18.9 Å². The van der Waals surface area contributed by atoms with Crippen LogP contribution in [0.1, 0.15) is 36.1 Å². The number of thioether (sulfide) groups is 1. The number of aliphatic imine (C=N–C) groups is 1. The van der Waals surface area contributed by atoms with Crippen molar-refractivity contribution in [2.75, 3.05) is 59.7 Å². The van der Waals surface area contributed by atoms with E-state index in [4.69, 9.17) is 19.2 Å². The zero-order chi connectivity index (χ0) is 26.4. The maximum Gasteiger partial charge on any atom is 0.338 e. The highest BCUT2D eigenvalue weighted by molar-refractivity contribution is 8.16. The Morgan fingerprint density at radius 3 is 2.73 bits per heavy atom. The number of allylic oxidation sites excluding steroid dienone is 1. The van der Waals surface area contributed by atoms with E-state index < -0.39 is 12.0 Å². The van der Waals surface area contributed by atoms with Crippen LogP contribution in [0, 0.1) is 13.8 Å². The lowest BCUT2D eigenvalue weighted by molar-refractivity contribution is -0.141. The number of carbonyl (C=O) groups is 2. The number of hydrogen-bond acceptors (Lipinski definition) is 9. The molecule has 0 bridgehead atoms. The van der Waals surface area contributed by atoms with E-state index >= 15 is 0 Å². The second-order valence-corrected chi connectivity index (χ2v) is 10.2. The highest BCUT2D eigenvalue weighted by Gasteiger charge is 2.41. The molecule has 0 saturated carbocycles. The van der Waals surface area contributed by atoms with Crippen molar-refractivity contribution >= 4 is 28.8 Å². The Labute approximate surface area is 222 Å². The van der Waals surface area contributed by atoms with Gasteiger partial charge in [-0.2, -0.15) is 0 Å². The number of ether oxygens (including phenoxy) is 3. The highest BCUT2D eigenvalue weighted by Crippen LogP contribution is 2.45. The largest absolute Gasteiger partial charge is 0.460 e. The summed E-state index contributed by atoms with van der Waals surface area (Å²) in [6.07, 6.45) is 0.196. The van der Waals surface area contributed by atoms with Crippen LogP contribution in [0.2, 0.25) is 0 Å². The fourth-order valence-electron chi connectivity index (χ4n) is 4.68. The van der Waals surface area contributed by atoms with Gasteiger partial charge in [0.1, 0.15) is 6.61 Å². The number of nitrogens with one attached hydrogen (secondary N) is 1. The number of amidine groups is 1.